The second kappa shape index (κ2) is 11.1. The Morgan fingerprint density at radius 3 is 2.24 bits per heavy atom. The van der Waals surface area contributed by atoms with E-state index in [1.165, 1.54) is 0 Å². The zero-order valence-electron chi connectivity index (χ0n) is 17.6. The number of nitrogens with zero attached hydrogens (tertiary/aromatic N) is 1. The predicted molar refractivity (Wildman–Crippen MR) is 116 cm³/mol. The molecule has 2 atom stereocenters. The lowest BCUT2D eigenvalue weighted by Gasteiger charge is -2.23. The highest BCUT2D eigenvalue weighted by molar-refractivity contribution is 5.85. The van der Waals surface area contributed by atoms with E-state index in [2.05, 4.69) is 10.6 Å². The van der Waals surface area contributed by atoms with Crippen molar-refractivity contribution in [3.8, 4) is 0 Å². The molecule has 0 saturated carbocycles. The summed E-state index contributed by atoms with van der Waals surface area (Å²) >= 11 is 0. The Labute approximate surface area is 173 Å². The Morgan fingerprint density at radius 2 is 1.66 bits per heavy atom. The lowest BCUT2D eigenvalue weighted by Crippen LogP contribution is -2.50. The number of amides is 2. The number of rotatable bonds is 9. The third-order valence-corrected chi connectivity index (χ3v) is 4.90. The number of carbonyl (C=O) groups is 2. The van der Waals surface area contributed by atoms with Crippen LogP contribution in [0.4, 0.5) is 10.5 Å². The quantitative estimate of drug-likeness (QED) is 0.677. The molecule has 0 aliphatic heterocycles. The molecule has 0 saturated heterocycles. The molecule has 0 aromatic heterocycles. The third-order valence-electron chi connectivity index (χ3n) is 4.90. The van der Waals surface area contributed by atoms with E-state index >= 15 is 0 Å². The average molecular weight is 398 g/mol. The van der Waals surface area contributed by atoms with Crippen molar-refractivity contribution in [1.82, 2.24) is 10.6 Å². The van der Waals surface area contributed by atoms with Crippen LogP contribution in [0.3, 0.4) is 0 Å². The molecule has 2 N–H and O–H groups in total. The standard InChI is InChI=1S/C23H31N3O3/c1-5-17(2)21(25-23(28)29-16-19-9-7-6-8-10-19)22(27)24-15-18-11-13-20(14-12-18)26(3)4/h6-14,17,21H,5,15-16H2,1-4H3,(H,24,27)(H,25,28)/t17-,21-/m0/s1. The zero-order valence-corrected chi connectivity index (χ0v) is 17.6. The summed E-state index contributed by atoms with van der Waals surface area (Å²) in [6.45, 7) is 4.50. The summed E-state index contributed by atoms with van der Waals surface area (Å²) in [5.74, 6) is -0.233. The Hall–Kier alpha value is -3.02. The van der Waals surface area contributed by atoms with Gasteiger partial charge in [-0.05, 0) is 29.2 Å². The number of benzene rings is 2. The highest BCUT2D eigenvalue weighted by Gasteiger charge is 2.26. The molecule has 0 aliphatic rings. The first kappa shape index (κ1) is 22.3. The van der Waals surface area contributed by atoms with Crippen LogP contribution < -0.4 is 15.5 Å². The van der Waals surface area contributed by atoms with E-state index < -0.39 is 12.1 Å². The van der Waals surface area contributed by atoms with Gasteiger partial charge in [0.2, 0.25) is 5.91 Å². The maximum absolute atomic E-state index is 12.7. The van der Waals surface area contributed by atoms with Crippen molar-refractivity contribution < 1.29 is 14.3 Å². The fraction of sp³-hybridized carbons (Fsp3) is 0.391. The largest absolute Gasteiger partial charge is 0.445 e. The molecule has 2 aromatic carbocycles. The number of carbonyl (C=O) groups excluding carboxylic acids is 2. The number of ether oxygens (including phenoxy) is 1. The second-order valence-corrected chi connectivity index (χ2v) is 7.35. The molecule has 0 aliphatic carbocycles. The summed E-state index contributed by atoms with van der Waals surface area (Å²) in [6, 6.07) is 16.8. The summed E-state index contributed by atoms with van der Waals surface area (Å²) < 4.78 is 5.27. The lowest BCUT2D eigenvalue weighted by molar-refractivity contribution is -0.124. The molecule has 0 unspecified atom stereocenters. The molecule has 156 valence electrons. The van der Waals surface area contributed by atoms with Gasteiger partial charge < -0.3 is 20.3 Å². The first-order valence-corrected chi connectivity index (χ1v) is 9.92. The van der Waals surface area contributed by atoms with Gasteiger partial charge in [-0.15, -0.1) is 0 Å². The molecule has 0 spiro atoms. The fourth-order valence-corrected chi connectivity index (χ4v) is 2.80. The van der Waals surface area contributed by atoms with Gasteiger partial charge in [0.1, 0.15) is 12.6 Å². The van der Waals surface area contributed by atoms with Gasteiger partial charge in [-0.1, -0.05) is 62.7 Å². The van der Waals surface area contributed by atoms with Crippen molar-refractivity contribution in [3.05, 3.63) is 65.7 Å². The van der Waals surface area contributed by atoms with Crippen molar-refractivity contribution in [2.75, 3.05) is 19.0 Å². The Bertz CT molecular complexity index is 776. The molecule has 0 bridgehead atoms. The molecule has 2 aromatic rings. The maximum Gasteiger partial charge on any atom is 0.408 e. The smallest absolute Gasteiger partial charge is 0.408 e. The van der Waals surface area contributed by atoms with Crippen LogP contribution in [0.1, 0.15) is 31.4 Å². The highest BCUT2D eigenvalue weighted by atomic mass is 16.5. The minimum absolute atomic E-state index is 0.0182. The van der Waals surface area contributed by atoms with Crippen LogP contribution in [0.15, 0.2) is 54.6 Å². The van der Waals surface area contributed by atoms with Crippen molar-refractivity contribution in [1.29, 1.82) is 0 Å². The molecule has 2 amide bonds. The molecule has 29 heavy (non-hydrogen) atoms. The first-order chi connectivity index (χ1) is 13.9. The molecule has 6 heteroatoms. The molecule has 0 heterocycles. The van der Waals surface area contributed by atoms with Gasteiger partial charge in [-0.3, -0.25) is 4.79 Å². The average Bonchev–Trinajstić information content (AvgIpc) is 2.74. The van der Waals surface area contributed by atoms with Crippen molar-refractivity contribution in [3.63, 3.8) is 0 Å². The van der Waals surface area contributed by atoms with Gasteiger partial charge in [-0.2, -0.15) is 0 Å². The summed E-state index contributed by atoms with van der Waals surface area (Å²) in [6.07, 6.45) is 0.166. The van der Waals surface area contributed by atoms with E-state index in [1.807, 2.05) is 87.4 Å². The molecule has 0 fully saturated rings. The third kappa shape index (κ3) is 7.14. The summed E-state index contributed by atoms with van der Waals surface area (Å²) in [7, 11) is 3.96. The van der Waals surface area contributed by atoms with Gasteiger partial charge in [0.15, 0.2) is 0 Å². The number of alkyl carbamates (subject to hydrolysis) is 1. The molecular weight excluding hydrogens is 366 g/mol. The van der Waals surface area contributed by atoms with Crippen molar-refractivity contribution in [2.24, 2.45) is 5.92 Å². The number of nitrogens with one attached hydrogen (secondary N) is 2. The van der Waals surface area contributed by atoms with Crippen LogP contribution in [-0.2, 0) is 22.7 Å². The van der Waals surface area contributed by atoms with E-state index in [-0.39, 0.29) is 18.4 Å². The molecule has 2 rings (SSSR count). The summed E-state index contributed by atoms with van der Waals surface area (Å²) in [5.41, 5.74) is 2.99. The molecular formula is C23H31N3O3. The second-order valence-electron chi connectivity index (χ2n) is 7.35. The predicted octanol–water partition coefficient (Wildman–Crippen LogP) is 3.71. The van der Waals surface area contributed by atoms with Gasteiger partial charge >= 0.3 is 6.09 Å². The topological polar surface area (TPSA) is 70.7 Å². The monoisotopic (exact) mass is 397 g/mol. The fourth-order valence-electron chi connectivity index (χ4n) is 2.80. The zero-order chi connectivity index (χ0) is 21.2. The normalized spacial score (nSPS) is 12.6. The van der Waals surface area contributed by atoms with Crippen LogP contribution in [0.25, 0.3) is 0 Å². The van der Waals surface area contributed by atoms with Crippen LogP contribution in [0, 0.1) is 5.92 Å². The number of hydrogen-bond donors (Lipinski definition) is 2. The Balaban J connectivity index is 1.90. The first-order valence-electron chi connectivity index (χ1n) is 9.92. The maximum atomic E-state index is 12.7. The SMILES string of the molecule is CC[C@H](C)[C@H](NC(=O)OCc1ccccc1)C(=O)NCc1ccc(N(C)C)cc1. The van der Waals surface area contributed by atoms with Gasteiger partial charge in [0, 0.05) is 26.3 Å². The lowest BCUT2D eigenvalue weighted by atomic mass is 9.98. The molecule has 6 nitrogen and oxygen atoms in total. The number of anilines is 1. The number of hydrogen-bond acceptors (Lipinski definition) is 4. The Kier molecular flexibility index (Phi) is 8.52. The van der Waals surface area contributed by atoms with Crippen LogP contribution >= 0.6 is 0 Å². The van der Waals surface area contributed by atoms with E-state index in [0.29, 0.717) is 6.54 Å². The van der Waals surface area contributed by atoms with E-state index in [1.54, 1.807) is 0 Å². The van der Waals surface area contributed by atoms with Crippen molar-refractivity contribution in [2.45, 2.75) is 39.5 Å². The summed E-state index contributed by atoms with van der Waals surface area (Å²) in [5, 5.41) is 5.64. The van der Waals surface area contributed by atoms with Crippen LogP contribution in [-0.4, -0.2) is 32.1 Å². The van der Waals surface area contributed by atoms with Crippen molar-refractivity contribution >= 4 is 17.7 Å². The minimum Gasteiger partial charge on any atom is -0.445 e. The van der Waals surface area contributed by atoms with E-state index in [0.717, 1.165) is 23.2 Å². The minimum atomic E-state index is -0.649. The summed E-state index contributed by atoms with van der Waals surface area (Å²) in [4.78, 5) is 26.9. The van der Waals surface area contributed by atoms with Gasteiger partial charge in [-0.25, -0.2) is 4.79 Å². The highest BCUT2D eigenvalue weighted by Crippen LogP contribution is 2.13. The van der Waals surface area contributed by atoms with Gasteiger partial charge in [0.05, 0.1) is 0 Å². The van der Waals surface area contributed by atoms with Crippen LogP contribution in [0.2, 0.25) is 0 Å². The Morgan fingerprint density at radius 1 is 1.00 bits per heavy atom. The van der Waals surface area contributed by atoms with E-state index in [9.17, 15) is 9.59 Å². The van der Waals surface area contributed by atoms with Gasteiger partial charge in [0.25, 0.3) is 0 Å². The van der Waals surface area contributed by atoms with E-state index in [4.69, 9.17) is 4.74 Å². The molecule has 0 radical (unpaired) electrons. The van der Waals surface area contributed by atoms with Crippen LogP contribution in [0.5, 0.6) is 0 Å².